The first-order chi connectivity index (χ1) is 15.0. The van der Waals surface area contributed by atoms with Gasteiger partial charge in [-0.15, -0.1) is 0 Å². The molecule has 0 unspecified atom stereocenters. The van der Waals surface area contributed by atoms with Crippen molar-refractivity contribution in [3.05, 3.63) is 30.1 Å². The number of carbonyl (C=O) groups is 2. The van der Waals surface area contributed by atoms with E-state index in [1.165, 1.54) is 0 Å². The average Bonchev–Trinajstić information content (AvgIpc) is 3.01. The van der Waals surface area contributed by atoms with Crippen molar-refractivity contribution in [2.45, 2.75) is 51.8 Å². The number of aromatic nitrogens is 2. The third-order valence-electron chi connectivity index (χ3n) is 6.76. The maximum Gasteiger partial charge on any atom is 0.242 e. The van der Waals surface area contributed by atoms with Gasteiger partial charge in [0.25, 0.3) is 0 Å². The molecule has 2 aliphatic heterocycles. The minimum absolute atomic E-state index is 0.0344. The predicted molar refractivity (Wildman–Crippen MR) is 119 cm³/mol. The highest BCUT2D eigenvalue weighted by Gasteiger charge is 2.33. The molecule has 2 aromatic rings. The van der Waals surface area contributed by atoms with Crippen molar-refractivity contribution < 1.29 is 14.7 Å². The summed E-state index contributed by atoms with van der Waals surface area (Å²) in [6.45, 7) is 8.10. The number of likely N-dealkylation sites (tertiary alicyclic amines) is 1. The van der Waals surface area contributed by atoms with E-state index in [-0.39, 0.29) is 24.4 Å². The van der Waals surface area contributed by atoms with Crippen molar-refractivity contribution in [3.8, 4) is 0 Å². The highest BCUT2D eigenvalue weighted by Crippen LogP contribution is 2.21. The van der Waals surface area contributed by atoms with Crippen LogP contribution in [0.4, 0.5) is 0 Å². The number of hydrogen-bond donors (Lipinski definition) is 1. The molecule has 2 atom stereocenters. The third kappa shape index (κ3) is 4.60. The maximum atomic E-state index is 13.2. The van der Waals surface area contributed by atoms with Gasteiger partial charge < -0.3 is 19.5 Å². The molecule has 3 heterocycles. The summed E-state index contributed by atoms with van der Waals surface area (Å²) in [5, 5.41) is 10.8. The van der Waals surface area contributed by atoms with E-state index >= 15 is 0 Å². The molecular formula is C23H33N5O3. The van der Waals surface area contributed by atoms with E-state index in [2.05, 4.69) is 16.8 Å². The van der Waals surface area contributed by atoms with E-state index in [0.29, 0.717) is 32.6 Å². The number of imidazole rings is 1. The fraction of sp³-hybridized carbons (Fsp3) is 0.609. The second kappa shape index (κ2) is 9.36. The Morgan fingerprint density at radius 3 is 2.45 bits per heavy atom. The van der Waals surface area contributed by atoms with Crippen molar-refractivity contribution in [2.75, 3.05) is 39.3 Å². The zero-order valence-corrected chi connectivity index (χ0v) is 18.5. The Labute approximate surface area is 183 Å². The number of hydrogen-bond acceptors (Lipinski definition) is 5. The first-order valence-electron chi connectivity index (χ1n) is 11.4. The number of fused-ring (bicyclic) bond motifs is 1. The predicted octanol–water partition coefficient (Wildman–Crippen LogP) is 1.11. The summed E-state index contributed by atoms with van der Waals surface area (Å²) >= 11 is 0. The van der Waals surface area contributed by atoms with Gasteiger partial charge >= 0.3 is 0 Å². The van der Waals surface area contributed by atoms with Gasteiger partial charge in [-0.25, -0.2) is 4.98 Å². The molecule has 168 valence electrons. The fourth-order valence-corrected chi connectivity index (χ4v) is 4.92. The number of nitrogens with zero attached hydrogens (tertiary/aromatic N) is 5. The minimum atomic E-state index is -0.457. The Morgan fingerprint density at radius 1 is 1.03 bits per heavy atom. The van der Waals surface area contributed by atoms with Crippen molar-refractivity contribution in [3.63, 3.8) is 0 Å². The van der Waals surface area contributed by atoms with Crippen LogP contribution in [-0.4, -0.2) is 92.6 Å². The number of aryl methyl sites for hydroxylation is 1. The molecule has 2 aliphatic rings. The monoisotopic (exact) mass is 427 g/mol. The lowest BCUT2D eigenvalue weighted by Gasteiger charge is -2.40. The Morgan fingerprint density at radius 2 is 1.74 bits per heavy atom. The maximum absolute atomic E-state index is 13.2. The van der Waals surface area contributed by atoms with E-state index in [4.69, 9.17) is 0 Å². The lowest BCUT2D eigenvalue weighted by atomic mass is 10.0. The standard InChI is InChI=1S/C23H33N5O3/c1-3-22-24-18-6-4-5-7-19(18)28(22)16-23(31)27-10-8-20(21(30)9-11-27)26-14-12-25(13-15-26)17(2)29/h4-7,20-21,30H,3,8-16H2,1-2H3/t20-,21-/m0/s1. The third-order valence-corrected chi connectivity index (χ3v) is 6.76. The summed E-state index contributed by atoms with van der Waals surface area (Å²) < 4.78 is 2.03. The molecule has 2 saturated heterocycles. The molecule has 1 N–H and O–H groups in total. The van der Waals surface area contributed by atoms with E-state index in [9.17, 15) is 14.7 Å². The molecule has 1 aromatic carbocycles. The molecule has 0 spiro atoms. The Hall–Kier alpha value is -2.45. The topological polar surface area (TPSA) is 81.9 Å². The molecule has 0 radical (unpaired) electrons. The Bertz CT molecular complexity index is 934. The van der Waals surface area contributed by atoms with Gasteiger partial charge in [0.2, 0.25) is 11.8 Å². The number of piperazine rings is 1. The number of para-hydroxylation sites is 2. The van der Waals surface area contributed by atoms with Gasteiger partial charge in [-0.2, -0.15) is 0 Å². The first-order valence-corrected chi connectivity index (χ1v) is 11.4. The Kier molecular flexibility index (Phi) is 6.57. The van der Waals surface area contributed by atoms with Gasteiger partial charge in [0, 0.05) is 58.7 Å². The number of benzene rings is 1. The van der Waals surface area contributed by atoms with Crippen LogP contribution in [0.15, 0.2) is 24.3 Å². The van der Waals surface area contributed by atoms with Crippen molar-refractivity contribution in [1.29, 1.82) is 0 Å². The highest BCUT2D eigenvalue weighted by molar-refractivity contribution is 5.81. The van der Waals surface area contributed by atoms with Crippen LogP contribution in [0.25, 0.3) is 11.0 Å². The van der Waals surface area contributed by atoms with Crippen LogP contribution in [-0.2, 0) is 22.6 Å². The minimum Gasteiger partial charge on any atom is -0.391 e. The quantitative estimate of drug-likeness (QED) is 0.791. The van der Waals surface area contributed by atoms with Gasteiger partial charge in [-0.3, -0.25) is 14.5 Å². The van der Waals surface area contributed by atoms with Crippen molar-refractivity contribution in [1.82, 2.24) is 24.3 Å². The molecule has 0 bridgehead atoms. The van der Waals surface area contributed by atoms with Gasteiger partial charge in [-0.1, -0.05) is 19.1 Å². The lowest BCUT2D eigenvalue weighted by Crippen LogP contribution is -2.54. The number of aliphatic hydroxyl groups is 1. The average molecular weight is 428 g/mol. The van der Waals surface area contributed by atoms with Gasteiger partial charge in [-0.05, 0) is 25.0 Å². The summed E-state index contributed by atoms with van der Waals surface area (Å²) in [5.74, 6) is 1.11. The van der Waals surface area contributed by atoms with Crippen LogP contribution in [0.2, 0.25) is 0 Å². The van der Waals surface area contributed by atoms with Crippen LogP contribution < -0.4 is 0 Å². The van der Waals surface area contributed by atoms with Crippen LogP contribution in [0.1, 0.15) is 32.5 Å². The van der Waals surface area contributed by atoms with E-state index in [1.54, 1.807) is 6.92 Å². The van der Waals surface area contributed by atoms with E-state index in [1.807, 2.05) is 38.6 Å². The summed E-state index contributed by atoms with van der Waals surface area (Å²) in [6.07, 6.45) is 1.64. The zero-order valence-electron chi connectivity index (χ0n) is 18.5. The zero-order chi connectivity index (χ0) is 22.0. The smallest absolute Gasteiger partial charge is 0.242 e. The molecule has 8 heteroatoms. The first kappa shape index (κ1) is 21.8. The highest BCUT2D eigenvalue weighted by atomic mass is 16.3. The molecular weight excluding hydrogens is 394 g/mol. The summed E-state index contributed by atoms with van der Waals surface area (Å²) in [4.78, 5) is 35.5. The molecule has 4 rings (SSSR count). The number of aliphatic hydroxyl groups excluding tert-OH is 1. The fourth-order valence-electron chi connectivity index (χ4n) is 4.92. The summed E-state index contributed by atoms with van der Waals surface area (Å²) in [7, 11) is 0. The van der Waals surface area contributed by atoms with Crippen LogP contribution in [0, 0.1) is 0 Å². The normalized spacial score (nSPS) is 23.2. The molecule has 2 fully saturated rings. The summed E-state index contributed by atoms with van der Waals surface area (Å²) in [5.41, 5.74) is 1.91. The molecule has 0 saturated carbocycles. The van der Waals surface area contributed by atoms with E-state index < -0.39 is 6.10 Å². The number of rotatable bonds is 4. The van der Waals surface area contributed by atoms with Gasteiger partial charge in [0.1, 0.15) is 12.4 Å². The van der Waals surface area contributed by atoms with Gasteiger partial charge in [0.15, 0.2) is 0 Å². The van der Waals surface area contributed by atoms with Crippen molar-refractivity contribution >= 4 is 22.8 Å². The second-order valence-electron chi connectivity index (χ2n) is 8.59. The Balaban J connectivity index is 1.41. The lowest BCUT2D eigenvalue weighted by molar-refractivity contribution is -0.132. The van der Waals surface area contributed by atoms with Crippen molar-refractivity contribution in [2.24, 2.45) is 0 Å². The molecule has 31 heavy (non-hydrogen) atoms. The van der Waals surface area contributed by atoms with E-state index in [0.717, 1.165) is 42.8 Å². The van der Waals surface area contributed by atoms with Crippen LogP contribution in [0.3, 0.4) is 0 Å². The number of carbonyl (C=O) groups excluding carboxylic acids is 2. The molecule has 2 amide bonds. The number of amides is 2. The second-order valence-corrected chi connectivity index (χ2v) is 8.59. The molecule has 1 aromatic heterocycles. The van der Waals surface area contributed by atoms with Crippen LogP contribution in [0.5, 0.6) is 0 Å². The molecule has 0 aliphatic carbocycles. The molecule has 8 nitrogen and oxygen atoms in total. The SMILES string of the molecule is CCc1nc2ccccc2n1CC(=O)N1CC[C@H](O)[C@@H](N2CCN(C(C)=O)CC2)CC1. The largest absolute Gasteiger partial charge is 0.391 e. The van der Waals surface area contributed by atoms with Gasteiger partial charge in [0.05, 0.1) is 17.1 Å². The summed E-state index contributed by atoms with van der Waals surface area (Å²) in [6, 6.07) is 7.97. The van der Waals surface area contributed by atoms with Crippen LogP contribution >= 0.6 is 0 Å².